The number of carbonyl (C=O) groups excluding carboxylic acids is 1. The van der Waals surface area contributed by atoms with Crippen LogP contribution in [0.2, 0.25) is 0 Å². The van der Waals surface area contributed by atoms with Crippen LogP contribution in [-0.2, 0) is 9.53 Å². The van der Waals surface area contributed by atoms with Crippen LogP contribution >= 0.6 is 23.1 Å². The van der Waals surface area contributed by atoms with Gasteiger partial charge in [-0.3, -0.25) is 14.2 Å². The summed E-state index contributed by atoms with van der Waals surface area (Å²) in [7, 11) is 0. The quantitative estimate of drug-likeness (QED) is 0.325. The van der Waals surface area contributed by atoms with Gasteiger partial charge >= 0.3 is 0 Å². The van der Waals surface area contributed by atoms with Crippen LogP contribution in [0.25, 0.3) is 27.2 Å². The average Bonchev–Trinajstić information content (AvgIpc) is 3.58. The molecular weight excluding hydrogens is 446 g/mol. The molecule has 3 aromatic heterocycles. The van der Waals surface area contributed by atoms with E-state index in [2.05, 4.69) is 5.32 Å². The molecule has 1 aliphatic rings. The zero-order valence-electron chi connectivity index (χ0n) is 17.2. The molecule has 4 heterocycles. The number of thiophene rings is 1. The van der Waals surface area contributed by atoms with Crippen molar-refractivity contribution in [3.8, 4) is 17.0 Å². The van der Waals surface area contributed by atoms with Crippen LogP contribution < -0.4 is 10.9 Å². The van der Waals surface area contributed by atoms with Gasteiger partial charge in [0.2, 0.25) is 5.91 Å². The Hall–Kier alpha value is -2.88. The second-order valence-electron chi connectivity index (χ2n) is 7.41. The first kappa shape index (κ1) is 21.0. The highest BCUT2D eigenvalue weighted by Crippen LogP contribution is 2.33. The van der Waals surface area contributed by atoms with Crippen LogP contribution in [0.15, 0.2) is 68.5 Å². The maximum absolute atomic E-state index is 13.6. The number of aromatic nitrogens is 2. The van der Waals surface area contributed by atoms with Crippen LogP contribution in [-0.4, -0.2) is 40.5 Å². The maximum atomic E-state index is 13.6. The van der Waals surface area contributed by atoms with Gasteiger partial charge in [0.05, 0.1) is 29.2 Å². The molecule has 1 saturated heterocycles. The molecule has 32 heavy (non-hydrogen) atoms. The van der Waals surface area contributed by atoms with Crippen LogP contribution in [0, 0.1) is 0 Å². The lowest BCUT2D eigenvalue weighted by atomic mass is 10.2. The van der Waals surface area contributed by atoms with Gasteiger partial charge in [-0.25, -0.2) is 4.98 Å². The summed E-state index contributed by atoms with van der Waals surface area (Å²) in [6.07, 6.45) is 3.67. The number of nitrogens with one attached hydrogen (secondary N) is 1. The minimum atomic E-state index is -0.184. The number of nitrogens with zero attached hydrogens (tertiary/aromatic N) is 2. The molecule has 1 atom stereocenters. The van der Waals surface area contributed by atoms with Gasteiger partial charge in [0.25, 0.3) is 5.56 Å². The minimum Gasteiger partial charge on any atom is -0.464 e. The average molecular weight is 468 g/mol. The number of rotatable bonds is 7. The molecule has 0 saturated carbocycles. The van der Waals surface area contributed by atoms with Gasteiger partial charge in [-0.1, -0.05) is 30.0 Å². The number of hydrogen-bond donors (Lipinski definition) is 1. The van der Waals surface area contributed by atoms with Crippen LogP contribution in [0.4, 0.5) is 0 Å². The van der Waals surface area contributed by atoms with E-state index in [4.69, 9.17) is 14.1 Å². The first-order valence-electron chi connectivity index (χ1n) is 10.4. The Morgan fingerprint density at radius 3 is 2.88 bits per heavy atom. The van der Waals surface area contributed by atoms with E-state index in [1.54, 1.807) is 16.9 Å². The summed E-state index contributed by atoms with van der Waals surface area (Å²) >= 11 is 2.64. The molecule has 5 rings (SSSR count). The number of ether oxygens (including phenoxy) is 1. The molecule has 1 aliphatic heterocycles. The summed E-state index contributed by atoms with van der Waals surface area (Å²) in [6, 6.07) is 13.0. The number of furan rings is 1. The number of para-hydroxylation sites is 1. The molecule has 1 N–H and O–H groups in total. The molecule has 0 bridgehead atoms. The molecule has 1 amide bonds. The predicted molar refractivity (Wildman–Crippen MR) is 126 cm³/mol. The van der Waals surface area contributed by atoms with Crippen LogP contribution in [0.5, 0.6) is 0 Å². The number of fused-ring (bicyclic) bond motifs is 1. The van der Waals surface area contributed by atoms with Crippen molar-refractivity contribution in [2.45, 2.75) is 24.1 Å². The second-order valence-corrected chi connectivity index (χ2v) is 9.21. The van der Waals surface area contributed by atoms with Gasteiger partial charge in [-0.2, -0.15) is 0 Å². The Balaban J connectivity index is 1.47. The van der Waals surface area contributed by atoms with E-state index in [0.717, 1.165) is 25.0 Å². The summed E-state index contributed by atoms with van der Waals surface area (Å²) < 4.78 is 12.7. The summed E-state index contributed by atoms with van der Waals surface area (Å²) in [5.41, 5.74) is 1.24. The van der Waals surface area contributed by atoms with Gasteiger partial charge in [0, 0.05) is 24.1 Å². The Kier molecular flexibility index (Phi) is 6.11. The number of benzene rings is 1. The fraction of sp³-hybridized carbons (Fsp3) is 0.261. The zero-order chi connectivity index (χ0) is 21.9. The van der Waals surface area contributed by atoms with Crippen LogP contribution in [0.3, 0.4) is 0 Å². The van der Waals surface area contributed by atoms with E-state index in [0.29, 0.717) is 33.4 Å². The Morgan fingerprint density at radius 2 is 2.12 bits per heavy atom. The van der Waals surface area contributed by atoms with E-state index < -0.39 is 0 Å². The molecule has 7 nitrogen and oxygen atoms in total. The first-order chi connectivity index (χ1) is 15.7. The number of carbonyl (C=O) groups is 1. The molecule has 0 aliphatic carbocycles. The standard InChI is InChI=1S/C23H21N3O4S2/c27-19(24-12-16-8-4-10-29-16)14-32-23-25-21-20(17(13-31-21)18-9-5-11-30-18)22(28)26(23)15-6-2-1-3-7-15/h1-3,5-7,9,11,13,16H,4,8,10,12,14H2,(H,24,27)/t16-/m1/s1. The fourth-order valence-corrected chi connectivity index (χ4v) is 5.51. The molecule has 4 aromatic rings. The van der Waals surface area contributed by atoms with Crippen molar-refractivity contribution in [3.63, 3.8) is 0 Å². The third kappa shape index (κ3) is 4.23. The lowest BCUT2D eigenvalue weighted by molar-refractivity contribution is -0.119. The van der Waals surface area contributed by atoms with Gasteiger partial charge in [-0.05, 0) is 37.1 Å². The van der Waals surface area contributed by atoms with E-state index in [9.17, 15) is 9.59 Å². The Labute approximate surface area is 192 Å². The third-order valence-corrected chi connectivity index (χ3v) is 7.07. The molecule has 0 spiro atoms. The van der Waals surface area contributed by atoms with Gasteiger partial charge in [0.1, 0.15) is 10.6 Å². The van der Waals surface area contributed by atoms with E-state index in [1.165, 1.54) is 23.1 Å². The minimum absolute atomic E-state index is 0.0899. The number of thioether (sulfide) groups is 1. The van der Waals surface area contributed by atoms with Crippen molar-refractivity contribution in [2.24, 2.45) is 0 Å². The highest BCUT2D eigenvalue weighted by Gasteiger charge is 2.21. The van der Waals surface area contributed by atoms with Crippen LogP contribution in [0.1, 0.15) is 12.8 Å². The molecule has 0 unspecified atom stereocenters. The monoisotopic (exact) mass is 467 g/mol. The van der Waals surface area contributed by atoms with Crippen molar-refractivity contribution in [1.29, 1.82) is 0 Å². The van der Waals surface area contributed by atoms with E-state index in [-0.39, 0.29) is 23.3 Å². The largest absolute Gasteiger partial charge is 0.464 e. The van der Waals surface area contributed by atoms with Gasteiger partial charge < -0.3 is 14.5 Å². The van der Waals surface area contributed by atoms with Crippen molar-refractivity contribution >= 4 is 39.2 Å². The summed E-state index contributed by atoms with van der Waals surface area (Å²) in [6.45, 7) is 1.26. The summed E-state index contributed by atoms with van der Waals surface area (Å²) in [5, 5.41) is 5.80. The molecule has 0 radical (unpaired) electrons. The Morgan fingerprint density at radius 1 is 1.25 bits per heavy atom. The highest BCUT2D eigenvalue weighted by atomic mass is 32.2. The number of hydrogen-bond acceptors (Lipinski definition) is 7. The van der Waals surface area contributed by atoms with E-state index >= 15 is 0 Å². The van der Waals surface area contributed by atoms with E-state index in [1.807, 2.05) is 41.8 Å². The third-order valence-electron chi connectivity index (χ3n) is 5.26. The van der Waals surface area contributed by atoms with Gasteiger partial charge in [-0.15, -0.1) is 11.3 Å². The smallest absolute Gasteiger partial charge is 0.268 e. The fourth-order valence-electron chi connectivity index (χ4n) is 3.70. The van der Waals surface area contributed by atoms with Crippen molar-refractivity contribution < 1.29 is 13.9 Å². The van der Waals surface area contributed by atoms with Crippen molar-refractivity contribution in [2.75, 3.05) is 18.9 Å². The summed E-state index contributed by atoms with van der Waals surface area (Å²) in [4.78, 5) is 31.4. The molecule has 9 heteroatoms. The van der Waals surface area contributed by atoms with Crippen molar-refractivity contribution in [1.82, 2.24) is 14.9 Å². The molecule has 1 aromatic carbocycles. The molecule has 1 fully saturated rings. The normalized spacial score (nSPS) is 15.9. The second kappa shape index (κ2) is 9.32. The maximum Gasteiger partial charge on any atom is 0.268 e. The SMILES string of the molecule is O=C(CSc1nc2scc(-c3ccco3)c2c(=O)n1-c1ccccc1)NC[C@H]1CCCO1. The zero-order valence-corrected chi connectivity index (χ0v) is 18.8. The van der Waals surface area contributed by atoms with Crippen molar-refractivity contribution in [3.05, 3.63) is 64.5 Å². The molecule has 164 valence electrons. The van der Waals surface area contributed by atoms with Gasteiger partial charge in [0.15, 0.2) is 5.16 Å². The lowest BCUT2D eigenvalue weighted by Gasteiger charge is -2.13. The Bertz CT molecular complexity index is 1280. The predicted octanol–water partition coefficient (Wildman–Crippen LogP) is 4.09. The topological polar surface area (TPSA) is 86.4 Å². The first-order valence-corrected chi connectivity index (χ1v) is 12.2. The summed E-state index contributed by atoms with van der Waals surface area (Å²) in [5.74, 6) is 0.680. The lowest BCUT2D eigenvalue weighted by Crippen LogP contribution is -2.33. The molecular formula is C23H21N3O4S2. The number of amides is 1. The highest BCUT2D eigenvalue weighted by molar-refractivity contribution is 7.99.